The lowest BCUT2D eigenvalue weighted by Crippen LogP contribution is -2.16. The Morgan fingerprint density at radius 1 is 1.12 bits per heavy atom. The molecule has 17 heavy (non-hydrogen) atoms. The van der Waals surface area contributed by atoms with Gasteiger partial charge in [-0.25, -0.2) is 4.79 Å². The van der Waals surface area contributed by atoms with Crippen molar-refractivity contribution in [2.45, 2.75) is 0 Å². The molecule has 0 bridgehead atoms. The Hall–Kier alpha value is -1.51. The average Bonchev–Trinajstić information content (AvgIpc) is 2.13. The highest BCUT2D eigenvalue weighted by Gasteiger charge is 2.67. The van der Waals surface area contributed by atoms with Gasteiger partial charge in [-0.3, -0.25) is 0 Å². The standard InChI is InChI=1S/C8H7F5O3S/c1-15-8(14)6-4-2-3-5-7(6)16-17(9,10,11,12)13/h2-5H,1H3. The van der Waals surface area contributed by atoms with Crippen molar-refractivity contribution in [2.24, 2.45) is 0 Å². The molecule has 98 valence electrons. The third-order valence-corrected chi connectivity index (χ3v) is 2.03. The molecule has 0 unspecified atom stereocenters. The van der Waals surface area contributed by atoms with Crippen molar-refractivity contribution in [1.29, 1.82) is 0 Å². The first-order valence-electron chi connectivity index (χ1n) is 4.04. The fraction of sp³-hybridized carbons (Fsp3) is 0.125. The topological polar surface area (TPSA) is 35.5 Å². The van der Waals surface area contributed by atoms with E-state index in [0.29, 0.717) is 6.07 Å². The van der Waals surface area contributed by atoms with E-state index in [1.54, 1.807) is 0 Å². The number of methoxy groups -OCH3 is 1. The molecule has 3 nitrogen and oxygen atoms in total. The minimum Gasteiger partial charge on any atom is -0.465 e. The largest absolute Gasteiger partial charge is 0.465 e. The van der Waals surface area contributed by atoms with Gasteiger partial charge in [0.25, 0.3) is 0 Å². The first-order chi connectivity index (χ1) is 7.41. The predicted molar refractivity (Wildman–Crippen MR) is 51.5 cm³/mol. The molecule has 1 aromatic carbocycles. The molecule has 0 fully saturated rings. The van der Waals surface area contributed by atoms with Crippen molar-refractivity contribution < 1.29 is 33.1 Å². The van der Waals surface area contributed by atoms with Gasteiger partial charge < -0.3 is 8.92 Å². The summed E-state index contributed by atoms with van der Waals surface area (Å²) in [7, 11) is -9.19. The van der Waals surface area contributed by atoms with E-state index in [0.717, 1.165) is 19.2 Å². The summed E-state index contributed by atoms with van der Waals surface area (Å²) in [4.78, 5) is 11.0. The monoisotopic (exact) mass is 278 g/mol. The van der Waals surface area contributed by atoms with E-state index in [1.807, 2.05) is 0 Å². The van der Waals surface area contributed by atoms with E-state index in [1.165, 1.54) is 6.07 Å². The molecule has 0 spiro atoms. The molecule has 0 aliphatic heterocycles. The molecule has 9 heteroatoms. The van der Waals surface area contributed by atoms with Crippen LogP contribution < -0.4 is 4.18 Å². The average molecular weight is 278 g/mol. The van der Waals surface area contributed by atoms with E-state index >= 15 is 0 Å². The summed E-state index contributed by atoms with van der Waals surface area (Å²) in [5.41, 5.74) is -0.733. The first-order valence-corrected chi connectivity index (χ1v) is 5.91. The predicted octanol–water partition coefficient (Wildman–Crippen LogP) is 4.07. The van der Waals surface area contributed by atoms with Crippen LogP contribution in [0.5, 0.6) is 5.75 Å². The summed E-state index contributed by atoms with van der Waals surface area (Å²) in [5.74, 6) is -2.50. The number of carbonyl (C=O) groups is 1. The van der Waals surface area contributed by atoms with E-state index < -0.39 is 27.8 Å². The second kappa shape index (κ2) is 3.25. The number of carbonyl (C=O) groups excluding carboxylic acids is 1. The van der Waals surface area contributed by atoms with Gasteiger partial charge >= 0.3 is 16.5 Å². The van der Waals surface area contributed by atoms with Gasteiger partial charge in [0.2, 0.25) is 0 Å². The minimum atomic E-state index is -10.1. The second-order valence-electron chi connectivity index (χ2n) is 2.97. The summed E-state index contributed by atoms with van der Waals surface area (Å²) in [6.45, 7) is 0. The second-order valence-corrected chi connectivity index (χ2v) is 4.93. The highest BCUT2D eigenvalue weighted by molar-refractivity contribution is 8.42. The molecule has 0 aliphatic rings. The molecule has 1 aromatic rings. The van der Waals surface area contributed by atoms with Gasteiger partial charge in [0.15, 0.2) is 5.75 Å². The molecular formula is C8H7F5O3S. The fourth-order valence-electron chi connectivity index (χ4n) is 0.988. The Kier molecular flexibility index (Phi) is 2.59. The van der Waals surface area contributed by atoms with Crippen molar-refractivity contribution in [3.8, 4) is 5.75 Å². The molecule has 0 radical (unpaired) electrons. The van der Waals surface area contributed by atoms with Crippen LogP contribution in [-0.2, 0) is 4.74 Å². The summed E-state index contributed by atoms with van der Waals surface area (Å²) >= 11 is 0. The Bertz CT molecular complexity index is 455. The smallest absolute Gasteiger partial charge is 0.435 e. The van der Waals surface area contributed by atoms with Gasteiger partial charge in [0.05, 0.1) is 7.11 Å². The SMILES string of the molecule is COC(=O)c1ccccc1OS(F)(F)(F)(F)F. The van der Waals surface area contributed by atoms with Crippen LogP contribution in [0.15, 0.2) is 24.3 Å². The van der Waals surface area contributed by atoms with Crippen LogP contribution >= 0.6 is 10.5 Å². The Morgan fingerprint density at radius 2 is 1.65 bits per heavy atom. The molecule has 1 rings (SSSR count). The van der Waals surface area contributed by atoms with Crippen molar-refractivity contribution >= 4 is 16.5 Å². The number of para-hydroxylation sites is 1. The van der Waals surface area contributed by atoms with Crippen molar-refractivity contribution in [1.82, 2.24) is 0 Å². The molecule has 0 amide bonds. The van der Waals surface area contributed by atoms with Gasteiger partial charge in [-0.1, -0.05) is 31.6 Å². The highest BCUT2D eigenvalue weighted by atomic mass is 32.5. The Labute approximate surface area is 93.1 Å². The molecule has 0 aliphatic carbocycles. The number of rotatable bonds is 3. The van der Waals surface area contributed by atoms with Gasteiger partial charge in [0.1, 0.15) is 5.56 Å². The maximum atomic E-state index is 12.1. The number of esters is 1. The van der Waals surface area contributed by atoms with Crippen LogP contribution in [-0.4, -0.2) is 13.1 Å². The number of halogens is 5. The van der Waals surface area contributed by atoms with Gasteiger partial charge in [0, 0.05) is 0 Å². The van der Waals surface area contributed by atoms with Gasteiger partial charge in [-0.15, -0.1) is 0 Å². The third kappa shape index (κ3) is 4.47. The fourth-order valence-corrected chi connectivity index (χ4v) is 1.47. The molecule has 0 saturated carbocycles. The molecule has 0 heterocycles. The lowest BCUT2D eigenvalue weighted by Gasteiger charge is -2.39. The van der Waals surface area contributed by atoms with Gasteiger partial charge in [-0.05, 0) is 12.1 Å². The van der Waals surface area contributed by atoms with Crippen molar-refractivity contribution in [3.63, 3.8) is 0 Å². The zero-order chi connectivity index (χ0) is 13.4. The molecule has 0 N–H and O–H groups in total. The van der Waals surface area contributed by atoms with Gasteiger partial charge in [-0.2, -0.15) is 0 Å². The Balaban J connectivity index is 3.22. The summed E-state index contributed by atoms with van der Waals surface area (Å²) in [6, 6.07) is 3.69. The molecule has 0 aromatic heterocycles. The maximum Gasteiger partial charge on any atom is 0.435 e. The van der Waals surface area contributed by atoms with Crippen molar-refractivity contribution in [2.75, 3.05) is 7.11 Å². The number of hydrogen-bond acceptors (Lipinski definition) is 3. The molecular weight excluding hydrogens is 271 g/mol. The van der Waals surface area contributed by atoms with Crippen LogP contribution in [0.1, 0.15) is 10.4 Å². The zero-order valence-corrected chi connectivity index (χ0v) is 9.15. The number of hydrogen-bond donors (Lipinski definition) is 0. The summed E-state index contributed by atoms with van der Waals surface area (Å²) in [5, 5.41) is 0. The van der Waals surface area contributed by atoms with Crippen molar-refractivity contribution in [3.05, 3.63) is 29.8 Å². The van der Waals surface area contributed by atoms with E-state index in [-0.39, 0.29) is 0 Å². The van der Waals surface area contributed by atoms with E-state index in [4.69, 9.17) is 0 Å². The summed E-state index contributed by atoms with van der Waals surface area (Å²) < 4.78 is 67.3. The third-order valence-electron chi connectivity index (χ3n) is 1.54. The van der Waals surface area contributed by atoms with Crippen LogP contribution in [0.25, 0.3) is 0 Å². The van der Waals surface area contributed by atoms with Crippen LogP contribution in [0.3, 0.4) is 0 Å². The quantitative estimate of drug-likeness (QED) is 0.617. The van der Waals surface area contributed by atoms with E-state index in [9.17, 15) is 24.2 Å². The maximum absolute atomic E-state index is 12.1. The Morgan fingerprint density at radius 3 is 2.12 bits per heavy atom. The number of benzene rings is 1. The highest BCUT2D eigenvalue weighted by Crippen LogP contribution is 2.97. The van der Waals surface area contributed by atoms with Crippen LogP contribution in [0.4, 0.5) is 19.4 Å². The molecule has 0 atom stereocenters. The normalized spacial score (nSPS) is 15.6. The van der Waals surface area contributed by atoms with E-state index in [2.05, 4.69) is 8.92 Å². The minimum absolute atomic E-state index is 0.601. The lowest BCUT2D eigenvalue weighted by molar-refractivity contribution is 0.0598. The molecule has 0 saturated heterocycles. The van der Waals surface area contributed by atoms with Crippen LogP contribution in [0, 0.1) is 0 Å². The lowest BCUT2D eigenvalue weighted by atomic mass is 10.2. The first kappa shape index (κ1) is 13.6. The zero-order valence-electron chi connectivity index (χ0n) is 8.33. The van der Waals surface area contributed by atoms with Crippen LogP contribution in [0.2, 0.25) is 0 Å². The number of ether oxygens (including phenoxy) is 1. The summed E-state index contributed by atoms with van der Waals surface area (Å²) in [6.07, 6.45) is 0.